The molecule has 1 N–H and O–H groups in total. The van der Waals surface area contributed by atoms with Crippen LogP contribution in [0.4, 0.5) is 5.82 Å². The minimum absolute atomic E-state index is 0.169. The van der Waals surface area contributed by atoms with Gasteiger partial charge < -0.3 is 10.2 Å². The number of aryl methyl sites for hydroxylation is 1. The normalized spacial score (nSPS) is 14.1. The highest BCUT2D eigenvalue weighted by atomic mass is 32.2. The lowest BCUT2D eigenvalue weighted by Gasteiger charge is -2.17. The van der Waals surface area contributed by atoms with Crippen LogP contribution in [0.5, 0.6) is 0 Å². The van der Waals surface area contributed by atoms with E-state index in [-0.39, 0.29) is 5.91 Å². The molecule has 0 radical (unpaired) electrons. The van der Waals surface area contributed by atoms with E-state index in [2.05, 4.69) is 27.4 Å². The second kappa shape index (κ2) is 7.60. The van der Waals surface area contributed by atoms with Gasteiger partial charge in [0.05, 0.1) is 11.9 Å². The molecule has 1 aromatic carbocycles. The van der Waals surface area contributed by atoms with E-state index >= 15 is 0 Å². The summed E-state index contributed by atoms with van der Waals surface area (Å²) in [6.45, 7) is 4.45. The van der Waals surface area contributed by atoms with Crippen molar-refractivity contribution in [3.05, 3.63) is 53.5 Å². The summed E-state index contributed by atoms with van der Waals surface area (Å²) in [7, 11) is 0. The quantitative estimate of drug-likeness (QED) is 0.687. The number of hydrogen-bond acceptors (Lipinski definition) is 5. The van der Waals surface area contributed by atoms with E-state index in [1.165, 1.54) is 17.7 Å². The van der Waals surface area contributed by atoms with Gasteiger partial charge in [0.2, 0.25) is 0 Å². The van der Waals surface area contributed by atoms with Gasteiger partial charge in [-0.15, -0.1) is 11.8 Å². The SMILES string of the molecule is CSc1ccc(CNC(=O)c2cc3c(N4CCCC4)nc(C)cn3n2)cc1. The van der Waals surface area contributed by atoms with E-state index in [9.17, 15) is 4.79 Å². The lowest BCUT2D eigenvalue weighted by atomic mass is 10.2. The first-order chi connectivity index (χ1) is 13.1. The number of nitrogens with zero attached hydrogens (tertiary/aromatic N) is 4. The molecule has 3 aromatic rings. The minimum Gasteiger partial charge on any atom is -0.355 e. The summed E-state index contributed by atoms with van der Waals surface area (Å²) in [4.78, 5) is 20.8. The fraction of sp³-hybridized carbons (Fsp3) is 0.350. The molecular weight excluding hydrogens is 358 g/mol. The zero-order valence-corrected chi connectivity index (χ0v) is 16.4. The molecule has 1 aliphatic heterocycles. The maximum Gasteiger partial charge on any atom is 0.272 e. The number of anilines is 1. The molecule has 140 valence electrons. The molecule has 0 aliphatic carbocycles. The van der Waals surface area contributed by atoms with Crippen LogP contribution >= 0.6 is 11.8 Å². The zero-order valence-electron chi connectivity index (χ0n) is 15.6. The van der Waals surface area contributed by atoms with Crippen LogP contribution in [0.15, 0.2) is 41.4 Å². The number of aromatic nitrogens is 3. The molecule has 0 unspecified atom stereocenters. The Balaban J connectivity index is 1.54. The molecule has 4 rings (SSSR count). The molecule has 0 atom stereocenters. The third kappa shape index (κ3) is 3.78. The Morgan fingerprint density at radius 3 is 2.67 bits per heavy atom. The molecule has 0 bridgehead atoms. The van der Waals surface area contributed by atoms with Gasteiger partial charge in [0, 0.05) is 30.6 Å². The average molecular weight is 382 g/mol. The Morgan fingerprint density at radius 1 is 1.22 bits per heavy atom. The lowest BCUT2D eigenvalue weighted by molar-refractivity contribution is 0.0945. The molecule has 6 nitrogen and oxygen atoms in total. The van der Waals surface area contributed by atoms with Gasteiger partial charge in [-0.25, -0.2) is 9.50 Å². The van der Waals surface area contributed by atoms with Crippen LogP contribution in [0.2, 0.25) is 0 Å². The van der Waals surface area contributed by atoms with Crippen LogP contribution in [0.25, 0.3) is 5.52 Å². The van der Waals surface area contributed by atoms with Crippen molar-refractivity contribution in [3.8, 4) is 0 Å². The predicted molar refractivity (Wildman–Crippen MR) is 109 cm³/mol. The molecule has 27 heavy (non-hydrogen) atoms. The topological polar surface area (TPSA) is 62.5 Å². The minimum atomic E-state index is -0.169. The first-order valence-corrected chi connectivity index (χ1v) is 10.4. The Labute approximate surface area is 163 Å². The van der Waals surface area contributed by atoms with Crippen LogP contribution < -0.4 is 10.2 Å². The van der Waals surface area contributed by atoms with Gasteiger partial charge in [-0.3, -0.25) is 4.79 Å². The number of thioether (sulfide) groups is 1. The number of nitrogens with one attached hydrogen (secondary N) is 1. The van der Waals surface area contributed by atoms with E-state index in [0.717, 1.165) is 35.7 Å². The number of hydrogen-bond donors (Lipinski definition) is 1. The second-order valence-electron chi connectivity index (χ2n) is 6.79. The maximum absolute atomic E-state index is 12.6. The highest BCUT2D eigenvalue weighted by Gasteiger charge is 2.20. The summed E-state index contributed by atoms with van der Waals surface area (Å²) in [6, 6.07) is 10.0. The van der Waals surface area contributed by atoms with Crippen molar-refractivity contribution >= 4 is 29.0 Å². The van der Waals surface area contributed by atoms with Crippen LogP contribution in [-0.2, 0) is 6.54 Å². The highest BCUT2D eigenvalue weighted by molar-refractivity contribution is 7.98. The number of amides is 1. The third-order valence-corrected chi connectivity index (χ3v) is 5.55. The molecule has 0 spiro atoms. The largest absolute Gasteiger partial charge is 0.355 e. The van der Waals surface area contributed by atoms with Gasteiger partial charge >= 0.3 is 0 Å². The fourth-order valence-electron chi connectivity index (χ4n) is 3.38. The van der Waals surface area contributed by atoms with Crippen LogP contribution in [0.1, 0.15) is 34.6 Å². The van der Waals surface area contributed by atoms with Crippen molar-refractivity contribution in [1.29, 1.82) is 0 Å². The van der Waals surface area contributed by atoms with Crippen molar-refractivity contribution in [3.63, 3.8) is 0 Å². The Bertz CT molecular complexity index is 960. The fourth-order valence-corrected chi connectivity index (χ4v) is 3.79. The van der Waals surface area contributed by atoms with Gasteiger partial charge in [-0.05, 0) is 43.7 Å². The molecule has 7 heteroatoms. The summed E-state index contributed by atoms with van der Waals surface area (Å²) >= 11 is 1.70. The van der Waals surface area contributed by atoms with Gasteiger partial charge in [-0.1, -0.05) is 12.1 Å². The lowest BCUT2D eigenvalue weighted by Crippen LogP contribution is -2.23. The molecule has 2 aromatic heterocycles. The van der Waals surface area contributed by atoms with Crippen molar-refractivity contribution in [2.45, 2.75) is 31.2 Å². The third-order valence-electron chi connectivity index (χ3n) is 4.81. The van der Waals surface area contributed by atoms with E-state index in [1.54, 1.807) is 16.3 Å². The van der Waals surface area contributed by atoms with E-state index in [0.29, 0.717) is 12.2 Å². The second-order valence-corrected chi connectivity index (χ2v) is 7.67. The molecule has 1 aliphatic rings. The molecule has 3 heterocycles. The molecule has 1 amide bonds. The first-order valence-electron chi connectivity index (χ1n) is 9.17. The summed E-state index contributed by atoms with van der Waals surface area (Å²) in [6.07, 6.45) is 6.27. The monoisotopic (exact) mass is 381 g/mol. The number of fused-ring (bicyclic) bond motifs is 1. The first kappa shape index (κ1) is 17.9. The predicted octanol–water partition coefficient (Wildman–Crippen LogP) is 3.29. The molecule has 1 saturated heterocycles. The van der Waals surface area contributed by atoms with Crippen LogP contribution in [-0.4, -0.2) is 39.9 Å². The van der Waals surface area contributed by atoms with Crippen molar-refractivity contribution in [2.75, 3.05) is 24.2 Å². The number of rotatable bonds is 5. The molecular formula is C20H23N5OS. The van der Waals surface area contributed by atoms with Gasteiger partial charge in [-0.2, -0.15) is 5.10 Å². The summed E-state index contributed by atoms with van der Waals surface area (Å²) in [5, 5.41) is 7.44. The maximum atomic E-state index is 12.6. The standard InChI is InChI=1S/C20H23N5OS/c1-14-13-25-18(19(22-14)24-9-3-4-10-24)11-17(23-25)20(26)21-12-15-5-7-16(27-2)8-6-15/h5-8,11,13H,3-4,9-10,12H2,1-2H3,(H,21,26). The average Bonchev–Trinajstić information content (AvgIpc) is 3.35. The Kier molecular flexibility index (Phi) is 5.03. The highest BCUT2D eigenvalue weighted by Crippen LogP contribution is 2.24. The van der Waals surface area contributed by atoms with E-state index in [4.69, 9.17) is 4.98 Å². The van der Waals surface area contributed by atoms with Crippen molar-refractivity contribution < 1.29 is 4.79 Å². The summed E-state index contributed by atoms with van der Waals surface area (Å²) in [5.74, 6) is 0.754. The van der Waals surface area contributed by atoms with Crippen LogP contribution in [0, 0.1) is 6.92 Å². The summed E-state index contributed by atoms with van der Waals surface area (Å²) in [5.41, 5.74) is 3.27. The van der Waals surface area contributed by atoms with E-state index < -0.39 is 0 Å². The smallest absolute Gasteiger partial charge is 0.272 e. The Hall–Kier alpha value is -2.54. The van der Waals surface area contributed by atoms with Crippen molar-refractivity contribution in [2.24, 2.45) is 0 Å². The van der Waals surface area contributed by atoms with Crippen molar-refractivity contribution in [1.82, 2.24) is 19.9 Å². The number of carbonyl (C=O) groups excluding carboxylic acids is 1. The summed E-state index contributed by atoms with van der Waals surface area (Å²) < 4.78 is 1.78. The number of benzene rings is 1. The van der Waals surface area contributed by atoms with Gasteiger partial charge in [0.1, 0.15) is 5.52 Å². The van der Waals surface area contributed by atoms with Gasteiger partial charge in [0.15, 0.2) is 11.5 Å². The molecule has 0 saturated carbocycles. The van der Waals surface area contributed by atoms with E-state index in [1.807, 2.05) is 37.6 Å². The molecule has 1 fully saturated rings. The number of carbonyl (C=O) groups is 1. The van der Waals surface area contributed by atoms with Crippen LogP contribution in [0.3, 0.4) is 0 Å². The Morgan fingerprint density at radius 2 is 1.96 bits per heavy atom. The van der Waals surface area contributed by atoms with Gasteiger partial charge in [0.25, 0.3) is 5.91 Å². The zero-order chi connectivity index (χ0) is 18.8.